The standard InChI is InChI=1S/C9H11BO4P/c1-2-3-9(11)7-6(14-8(9)10)4-13-15-5-12-7/h2,6-8,11H,1,3-4H2/q+1/t6?,7-,8?,9-/m1/s1. The summed E-state index contributed by atoms with van der Waals surface area (Å²) in [5.74, 6) is 2.57. The maximum atomic E-state index is 10.3. The summed E-state index contributed by atoms with van der Waals surface area (Å²) in [7, 11) is 6.23. The van der Waals surface area contributed by atoms with Gasteiger partial charge in [-0.05, 0) is 0 Å². The molecule has 15 heavy (non-hydrogen) atoms. The van der Waals surface area contributed by atoms with E-state index in [0.717, 1.165) is 0 Å². The molecule has 0 bridgehead atoms. The third kappa shape index (κ3) is 1.92. The molecule has 0 aliphatic carbocycles. The molecule has 2 unspecified atom stereocenters. The fraction of sp³-hybridized carbons (Fsp3) is 0.667. The summed E-state index contributed by atoms with van der Waals surface area (Å²) < 4.78 is 15.8. The van der Waals surface area contributed by atoms with Crippen LogP contribution in [0.3, 0.4) is 0 Å². The maximum absolute atomic E-state index is 10.3. The Morgan fingerprint density at radius 3 is 3.27 bits per heavy atom. The fourth-order valence-electron chi connectivity index (χ4n) is 1.84. The molecule has 2 radical (unpaired) electrons. The SMILES string of the molecule is [B]C1OC2CO[P+]#CO[C@H]2[C@]1(O)CC=C. The first-order chi connectivity index (χ1) is 7.18. The third-order valence-corrected chi connectivity index (χ3v) is 3.09. The van der Waals surface area contributed by atoms with Crippen LogP contribution in [0.15, 0.2) is 12.7 Å². The average Bonchev–Trinajstić information content (AvgIpc) is 2.42. The monoisotopic (exact) mass is 225 g/mol. The van der Waals surface area contributed by atoms with Crippen LogP contribution in [0.2, 0.25) is 0 Å². The second kappa shape index (κ2) is 4.38. The molecule has 0 amide bonds. The van der Waals surface area contributed by atoms with Gasteiger partial charge in [0, 0.05) is 0 Å². The van der Waals surface area contributed by atoms with Gasteiger partial charge < -0.3 is 0 Å². The first-order valence-corrected chi connectivity index (χ1v) is 5.46. The Bertz CT molecular complexity index is 326. The molecular formula is C9H11BO4P+. The van der Waals surface area contributed by atoms with Gasteiger partial charge in [-0.15, -0.1) is 0 Å². The van der Waals surface area contributed by atoms with E-state index >= 15 is 0 Å². The summed E-state index contributed by atoms with van der Waals surface area (Å²) in [6, 6.07) is -0.786. The summed E-state index contributed by atoms with van der Waals surface area (Å²) in [5.41, 5.74) is -1.25. The van der Waals surface area contributed by atoms with Crippen molar-refractivity contribution >= 4 is 16.1 Å². The summed E-state index contributed by atoms with van der Waals surface area (Å²) in [4.78, 5) is 0. The van der Waals surface area contributed by atoms with Crippen LogP contribution >= 0.6 is 8.26 Å². The Hall–Kier alpha value is -0.145. The molecule has 1 N–H and O–H groups in total. The normalized spacial score (nSPS) is 44.2. The van der Waals surface area contributed by atoms with Gasteiger partial charge in [0.15, 0.2) is 0 Å². The third-order valence-electron chi connectivity index (χ3n) is 2.64. The summed E-state index contributed by atoms with van der Waals surface area (Å²) in [5, 5.41) is 10.3. The van der Waals surface area contributed by atoms with E-state index in [1.54, 1.807) is 6.08 Å². The molecule has 2 heterocycles. The predicted octanol–water partition coefficient (Wildman–Crippen LogP) is 0.380. The van der Waals surface area contributed by atoms with Crippen molar-refractivity contribution in [2.45, 2.75) is 30.2 Å². The Kier molecular flexibility index (Phi) is 3.31. The van der Waals surface area contributed by atoms with Gasteiger partial charge in [0.05, 0.1) is 0 Å². The molecule has 0 saturated carbocycles. The van der Waals surface area contributed by atoms with Crippen molar-refractivity contribution in [3.05, 3.63) is 12.7 Å². The molecule has 1 fully saturated rings. The quantitative estimate of drug-likeness (QED) is 0.419. The number of aliphatic hydroxyl groups is 1. The average molecular weight is 225 g/mol. The van der Waals surface area contributed by atoms with Crippen LogP contribution in [0.4, 0.5) is 0 Å². The molecule has 2 aliphatic heterocycles. The zero-order chi connectivity index (χ0) is 10.9. The molecule has 4 nitrogen and oxygen atoms in total. The van der Waals surface area contributed by atoms with Crippen LogP contribution in [0.25, 0.3) is 0 Å². The van der Waals surface area contributed by atoms with Crippen molar-refractivity contribution in [2.24, 2.45) is 0 Å². The van der Waals surface area contributed by atoms with Gasteiger partial charge in [-0.25, -0.2) is 0 Å². The van der Waals surface area contributed by atoms with Crippen molar-refractivity contribution in [1.82, 2.24) is 0 Å². The molecule has 2 rings (SSSR count). The predicted molar refractivity (Wildman–Crippen MR) is 55.8 cm³/mol. The minimum atomic E-state index is -1.25. The van der Waals surface area contributed by atoms with Crippen molar-refractivity contribution < 1.29 is 19.1 Å². The number of hydrogen-bond acceptors (Lipinski definition) is 4. The summed E-state index contributed by atoms with van der Waals surface area (Å²) in [6.45, 7) is 3.92. The van der Waals surface area contributed by atoms with Gasteiger partial charge in [0.1, 0.15) is 0 Å². The van der Waals surface area contributed by atoms with E-state index in [2.05, 4.69) is 12.4 Å². The molecule has 0 aromatic carbocycles. The van der Waals surface area contributed by atoms with Crippen molar-refractivity contribution in [1.29, 1.82) is 0 Å². The van der Waals surface area contributed by atoms with Crippen LogP contribution in [0.5, 0.6) is 0 Å². The Balaban J connectivity index is 2.23. The van der Waals surface area contributed by atoms with E-state index in [1.807, 2.05) is 0 Å². The molecule has 0 aromatic heterocycles. The van der Waals surface area contributed by atoms with Crippen LogP contribution in [0, 0.1) is 5.81 Å². The Labute approximate surface area is 91.2 Å². The second-order valence-corrected chi connectivity index (χ2v) is 4.22. The first kappa shape index (κ1) is 11.3. The minimum absolute atomic E-state index is 0.313. The van der Waals surface area contributed by atoms with E-state index in [4.69, 9.17) is 21.8 Å². The fourth-order valence-corrected chi connectivity index (χ4v) is 2.28. The Morgan fingerprint density at radius 1 is 1.73 bits per heavy atom. The van der Waals surface area contributed by atoms with Gasteiger partial charge in [-0.2, -0.15) is 0 Å². The molecule has 4 atom stereocenters. The number of fused-ring (bicyclic) bond motifs is 1. The second-order valence-electron chi connectivity index (χ2n) is 3.60. The molecule has 1 saturated heterocycles. The van der Waals surface area contributed by atoms with Crippen molar-refractivity contribution in [2.75, 3.05) is 6.61 Å². The first-order valence-electron chi connectivity index (χ1n) is 4.65. The zero-order valence-electron chi connectivity index (χ0n) is 8.13. The van der Waals surface area contributed by atoms with Gasteiger partial charge in [0.2, 0.25) is 0 Å². The van der Waals surface area contributed by atoms with Gasteiger partial charge in [-0.3, -0.25) is 0 Å². The van der Waals surface area contributed by atoms with Gasteiger partial charge >= 0.3 is 90.5 Å². The molecule has 6 heteroatoms. The van der Waals surface area contributed by atoms with E-state index in [1.165, 1.54) is 0 Å². The number of ether oxygens (including phenoxy) is 2. The zero-order valence-corrected chi connectivity index (χ0v) is 9.02. The van der Waals surface area contributed by atoms with Crippen LogP contribution in [0.1, 0.15) is 6.42 Å². The number of rotatable bonds is 2. The van der Waals surface area contributed by atoms with Crippen LogP contribution in [-0.4, -0.2) is 43.4 Å². The molecule has 78 valence electrons. The molecule has 0 aromatic rings. The van der Waals surface area contributed by atoms with E-state index in [-0.39, 0.29) is 6.10 Å². The van der Waals surface area contributed by atoms with Crippen LogP contribution in [-0.2, 0) is 14.0 Å². The van der Waals surface area contributed by atoms with E-state index < -0.39 is 17.7 Å². The van der Waals surface area contributed by atoms with Crippen molar-refractivity contribution in [3.8, 4) is 5.81 Å². The number of hydrogen-bond donors (Lipinski definition) is 1. The van der Waals surface area contributed by atoms with Crippen molar-refractivity contribution in [3.63, 3.8) is 0 Å². The molecular weight excluding hydrogens is 214 g/mol. The molecule has 2 aliphatic rings. The topological polar surface area (TPSA) is 47.9 Å². The summed E-state index contributed by atoms with van der Waals surface area (Å²) in [6.07, 6.45) is 1.01. The van der Waals surface area contributed by atoms with Gasteiger partial charge in [0.25, 0.3) is 0 Å². The Morgan fingerprint density at radius 2 is 2.53 bits per heavy atom. The van der Waals surface area contributed by atoms with Crippen LogP contribution < -0.4 is 0 Å². The summed E-state index contributed by atoms with van der Waals surface area (Å²) >= 11 is 0. The molecule has 0 spiro atoms. The van der Waals surface area contributed by atoms with Gasteiger partial charge in [-0.1, -0.05) is 0 Å². The van der Waals surface area contributed by atoms with E-state index in [9.17, 15) is 5.11 Å². The van der Waals surface area contributed by atoms with E-state index in [0.29, 0.717) is 21.3 Å².